The highest BCUT2D eigenvalue weighted by molar-refractivity contribution is 5.75. The van der Waals surface area contributed by atoms with Gasteiger partial charge >= 0.3 is 0 Å². The van der Waals surface area contributed by atoms with Crippen LogP contribution in [0.15, 0.2) is 28.8 Å². The van der Waals surface area contributed by atoms with Crippen molar-refractivity contribution in [2.45, 2.75) is 19.9 Å². The van der Waals surface area contributed by atoms with Crippen molar-refractivity contribution in [3.05, 3.63) is 35.9 Å². The van der Waals surface area contributed by atoms with Crippen molar-refractivity contribution in [3.63, 3.8) is 0 Å². The highest BCUT2D eigenvalue weighted by Crippen LogP contribution is 2.17. The Morgan fingerprint density at radius 3 is 2.86 bits per heavy atom. The Hall–Kier alpha value is -2.28. The third-order valence-corrected chi connectivity index (χ3v) is 2.68. The summed E-state index contributed by atoms with van der Waals surface area (Å²) in [5.41, 5.74) is 0.623. The average Bonchev–Trinajstić information content (AvgIpc) is 2.95. The molecule has 21 heavy (non-hydrogen) atoms. The fraction of sp³-hybridized carbons (Fsp3) is 0.357. The molecule has 0 spiro atoms. The number of benzene rings is 1. The molecule has 0 aliphatic rings. The van der Waals surface area contributed by atoms with Crippen molar-refractivity contribution < 1.29 is 18.4 Å². The SMILES string of the molecule is CCOCCC(=O)NCc1noc(-c2ccc(F)cc2)n1. The minimum absolute atomic E-state index is 0.142. The summed E-state index contributed by atoms with van der Waals surface area (Å²) in [7, 11) is 0. The van der Waals surface area contributed by atoms with Crippen molar-refractivity contribution in [1.82, 2.24) is 15.5 Å². The zero-order valence-electron chi connectivity index (χ0n) is 11.6. The number of nitrogens with one attached hydrogen (secondary N) is 1. The Bertz CT molecular complexity index is 583. The summed E-state index contributed by atoms with van der Waals surface area (Å²) in [6.07, 6.45) is 0.288. The monoisotopic (exact) mass is 293 g/mol. The Morgan fingerprint density at radius 1 is 1.38 bits per heavy atom. The lowest BCUT2D eigenvalue weighted by molar-refractivity contribution is -0.122. The first kappa shape index (κ1) is 15.1. The van der Waals surface area contributed by atoms with Gasteiger partial charge in [-0.3, -0.25) is 4.79 Å². The molecule has 6 nitrogen and oxygen atoms in total. The van der Waals surface area contributed by atoms with Gasteiger partial charge in [0.25, 0.3) is 5.89 Å². The molecule has 0 fully saturated rings. The fourth-order valence-corrected chi connectivity index (χ4v) is 1.61. The molecule has 0 aliphatic heterocycles. The first-order valence-corrected chi connectivity index (χ1v) is 6.62. The van der Waals surface area contributed by atoms with Gasteiger partial charge in [0.15, 0.2) is 5.82 Å². The van der Waals surface area contributed by atoms with E-state index in [1.807, 2.05) is 6.92 Å². The Balaban J connectivity index is 1.86. The van der Waals surface area contributed by atoms with Gasteiger partial charge in [0.05, 0.1) is 13.2 Å². The summed E-state index contributed by atoms with van der Waals surface area (Å²) in [6, 6.07) is 5.73. The van der Waals surface area contributed by atoms with Crippen LogP contribution in [0.25, 0.3) is 11.5 Å². The highest BCUT2D eigenvalue weighted by Gasteiger charge is 2.10. The molecule has 1 heterocycles. The van der Waals surface area contributed by atoms with Gasteiger partial charge < -0.3 is 14.6 Å². The molecule has 2 aromatic rings. The first-order chi connectivity index (χ1) is 10.2. The van der Waals surface area contributed by atoms with E-state index in [9.17, 15) is 9.18 Å². The maximum Gasteiger partial charge on any atom is 0.257 e. The number of carbonyl (C=O) groups excluding carboxylic acids is 1. The van der Waals surface area contributed by atoms with Gasteiger partial charge in [-0.05, 0) is 31.2 Å². The van der Waals surface area contributed by atoms with Crippen LogP contribution in [0, 0.1) is 5.82 Å². The van der Waals surface area contributed by atoms with Crippen LogP contribution in [-0.4, -0.2) is 29.3 Å². The Labute approximate surface area is 121 Å². The second-order valence-corrected chi connectivity index (χ2v) is 4.25. The van der Waals surface area contributed by atoms with Crippen LogP contribution in [0.1, 0.15) is 19.2 Å². The minimum Gasteiger partial charge on any atom is -0.381 e. The second-order valence-electron chi connectivity index (χ2n) is 4.25. The standard InChI is InChI=1S/C14H16FN3O3/c1-2-20-8-7-13(19)16-9-12-17-14(21-18-12)10-3-5-11(15)6-4-10/h3-6H,2,7-9H2,1H3,(H,16,19). The highest BCUT2D eigenvalue weighted by atomic mass is 19.1. The summed E-state index contributed by atoms with van der Waals surface area (Å²) in [4.78, 5) is 15.6. The molecule has 1 N–H and O–H groups in total. The zero-order chi connectivity index (χ0) is 15.1. The molecule has 1 amide bonds. The van der Waals surface area contributed by atoms with Crippen LogP contribution in [0.3, 0.4) is 0 Å². The van der Waals surface area contributed by atoms with E-state index in [0.717, 1.165) is 0 Å². The molecular formula is C14H16FN3O3. The van der Waals surface area contributed by atoms with Crippen LogP contribution < -0.4 is 5.32 Å². The Morgan fingerprint density at radius 2 is 2.14 bits per heavy atom. The van der Waals surface area contributed by atoms with Gasteiger partial charge in [-0.15, -0.1) is 0 Å². The van der Waals surface area contributed by atoms with Crippen LogP contribution in [0.2, 0.25) is 0 Å². The molecule has 0 aliphatic carbocycles. The van der Waals surface area contributed by atoms with E-state index in [0.29, 0.717) is 24.6 Å². The number of ether oxygens (including phenoxy) is 1. The van der Waals surface area contributed by atoms with Crippen molar-refractivity contribution >= 4 is 5.91 Å². The number of carbonyl (C=O) groups is 1. The van der Waals surface area contributed by atoms with Crippen molar-refractivity contribution in [3.8, 4) is 11.5 Å². The third-order valence-electron chi connectivity index (χ3n) is 2.68. The molecule has 0 saturated carbocycles. The molecule has 0 bridgehead atoms. The molecule has 112 valence electrons. The number of amides is 1. The average molecular weight is 293 g/mol. The molecule has 7 heteroatoms. The third kappa shape index (κ3) is 4.64. The summed E-state index contributed by atoms with van der Waals surface area (Å²) < 4.78 is 23.0. The summed E-state index contributed by atoms with van der Waals surface area (Å²) in [6.45, 7) is 3.01. The van der Waals surface area contributed by atoms with Gasteiger partial charge in [0.1, 0.15) is 5.82 Å². The zero-order valence-corrected chi connectivity index (χ0v) is 11.6. The lowest BCUT2D eigenvalue weighted by Crippen LogP contribution is -2.24. The predicted molar refractivity (Wildman–Crippen MR) is 72.6 cm³/mol. The largest absolute Gasteiger partial charge is 0.381 e. The predicted octanol–water partition coefficient (Wildman–Crippen LogP) is 1.92. The number of nitrogens with zero attached hydrogens (tertiary/aromatic N) is 2. The van der Waals surface area contributed by atoms with E-state index in [4.69, 9.17) is 9.26 Å². The maximum absolute atomic E-state index is 12.8. The van der Waals surface area contributed by atoms with E-state index in [-0.39, 0.29) is 30.6 Å². The fourth-order valence-electron chi connectivity index (χ4n) is 1.61. The van der Waals surface area contributed by atoms with Crippen LogP contribution in [0.5, 0.6) is 0 Å². The first-order valence-electron chi connectivity index (χ1n) is 6.62. The van der Waals surface area contributed by atoms with Crippen molar-refractivity contribution in [2.24, 2.45) is 0 Å². The molecule has 1 aromatic carbocycles. The quantitative estimate of drug-likeness (QED) is 0.789. The molecule has 2 rings (SSSR count). The molecule has 0 radical (unpaired) electrons. The summed E-state index contributed by atoms with van der Waals surface area (Å²) in [5, 5.41) is 6.43. The van der Waals surface area contributed by atoms with E-state index in [1.165, 1.54) is 12.1 Å². The number of halogens is 1. The number of hydrogen-bond acceptors (Lipinski definition) is 5. The molecular weight excluding hydrogens is 277 g/mol. The molecule has 0 saturated heterocycles. The number of aromatic nitrogens is 2. The minimum atomic E-state index is -0.333. The van der Waals surface area contributed by atoms with E-state index >= 15 is 0 Å². The molecule has 0 unspecified atom stereocenters. The van der Waals surface area contributed by atoms with Crippen LogP contribution >= 0.6 is 0 Å². The lowest BCUT2D eigenvalue weighted by atomic mass is 10.2. The van der Waals surface area contributed by atoms with Gasteiger partial charge in [0, 0.05) is 18.6 Å². The van der Waals surface area contributed by atoms with Crippen molar-refractivity contribution in [2.75, 3.05) is 13.2 Å². The molecule has 1 aromatic heterocycles. The van der Waals surface area contributed by atoms with Crippen molar-refractivity contribution in [1.29, 1.82) is 0 Å². The lowest BCUT2D eigenvalue weighted by Gasteiger charge is -2.02. The van der Waals surface area contributed by atoms with E-state index in [2.05, 4.69) is 15.5 Å². The Kier molecular flexibility index (Phi) is 5.39. The van der Waals surface area contributed by atoms with E-state index in [1.54, 1.807) is 12.1 Å². The second kappa shape index (κ2) is 7.49. The summed E-state index contributed by atoms with van der Waals surface area (Å²) in [5.74, 6) is 0.171. The number of hydrogen-bond donors (Lipinski definition) is 1. The van der Waals surface area contributed by atoms with E-state index < -0.39 is 0 Å². The normalized spacial score (nSPS) is 10.6. The van der Waals surface area contributed by atoms with Gasteiger partial charge in [0.2, 0.25) is 5.91 Å². The van der Waals surface area contributed by atoms with Gasteiger partial charge in [-0.1, -0.05) is 5.16 Å². The number of rotatable bonds is 7. The smallest absolute Gasteiger partial charge is 0.257 e. The van der Waals surface area contributed by atoms with Crippen LogP contribution in [0.4, 0.5) is 4.39 Å². The summed E-state index contributed by atoms with van der Waals surface area (Å²) >= 11 is 0. The molecule has 0 atom stereocenters. The topological polar surface area (TPSA) is 77.2 Å². The van der Waals surface area contributed by atoms with Gasteiger partial charge in [-0.25, -0.2) is 4.39 Å². The maximum atomic E-state index is 12.8. The van der Waals surface area contributed by atoms with Crippen LogP contribution in [-0.2, 0) is 16.1 Å². The van der Waals surface area contributed by atoms with Gasteiger partial charge in [-0.2, -0.15) is 4.98 Å².